The van der Waals surface area contributed by atoms with Gasteiger partial charge in [-0.1, -0.05) is 55.8 Å². The molecule has 0 aliphatic heterocycles. The van der Waals surface area contributed by atoms with E-state index >= 15 is 0 Å². The number of nitrogens with zero attached hydrogens (tertiary/aromatic N) is 1. The van der Waals surface area contributed by atoms with E-state index in [1.807, 2.05) is 43.3 Å². The third-order valence-electron chi connectivity index (χ3n) is 3.45. The van der Waals surface area contributed by atoms with E-state index in [-0.39, 0.29) is 12.5 Å². The van der Waals surface area contributed by atoms with Gasteiger partial charge in [-0.3, -0.25) is 4.79 Å². The summed E-state index contributed by atoms with van der Waals surface area (Å²) >= 11 is 6.01. The van der Waals surface area contributed by atoms with Crippen LogP contribution in [0.2, 0.25) is 5.02 Å². The van der Waals surface area contributed by atoms with Gasteiger partial charge in [0.25, 0.3) is 5.91 Å². The molecule has 1 amide bonds. The first kappa shape index (κ1) is 18.0. The summed E-state index contributed by atoms with van der Waals surface area (Å²) in [7, 11) is 0. The highest BCUT2D eigenvalue weighted by molar-refractivity contribution is 6.33. The number of halogens is 1. The number of rotatable bonds is 6. The molecule has 0 unspecified atom stereocenters. The first-order valence-corrected chi connectivity index (χ1v) is 8.15. The molecule has 5 heteroatoms. The number of nitrogens with one attached hydrogen (secondary N) is 1. The van der Waals surface area contributed by atoms with Crippen molar-refractivity contribution in [3.8, 4) is 5.75 Å². The van der Waals surface area contributed by atoms with Crippen molar-refractivity contribution in [3.63, 3.8) is 0 Å². The fourth-order valence-electron chi connectivity index (χ4n) is 2.17. The van der Waals surface area contributed by atoms with Gasteiger partial charge >= 0.3 is 0 Å². The third-order valence-corrected chi connectivity index (χ3v) is 3.79. The lowest BCUT2D eigenvalue weighted by atomic mass is 10.0. The molecule has 0 heterocycles. The molecular weight excluding hydrogens is 324 g/mol. The van der Waals surface area contributed by atoms with Gasteiger partial charge < -0.3 is 4.74 Å². The maximum Gasteiger partial charge on any atom is 0.277 e. The summed E-state index contributed by atoms with van der Waals surface area (Å²) in [6.07, 6.45) is 1.51. The lowest BCUT2D eigenvalue weighted by Gasteiger charge is -2.14. The minimum atomic E-state index is -0.325. The molecule has 1 N–H and O–H groups in total. The molecule has 0 spiro atoms. The molecule has 0 aromatic heterocycles. The first-order valence-electron chi connectivity index (χ1n) is 7.77. The van der Waals surface area contributed by atoms with Gasteiger partial charge in [0.05, 0.1) is 6.21 Å². The molecule has 2 aromatic rings. The van der Waals surface area contributed by atoms with Crippen LogP contribution in [0.15, 0.2) is 47.6 Å². The number of aryl methyl sites for hydroxylation is 1. The Morgan fingerprint density at radius 2 is 2.04 bits per heavy atom. The summed E-state index contributed by atoms with van der Waals surface area (Å²) in [5, 5.41) is 4.48. The maximum atomic E-state index is 11.9. The molecule has 24 heavy (non-hydrogen) atoms. The predicted molar refractivity (Wildman–Crippen MR) is 98.0 cm³/mol. The Kier molecular flexibility index (Phi) is 6.38. The van der Waals surface area contributed by atoms with Crippen molar-refractivity contribution in [1.29, 1.82) is 0 Å². The summed E-state index contributed by atoms with van der Waals surface area (Å²) in [5.74, 6) is 0.728. The highest BCUT2D eigenvalue weighted by Crippen LogP contribution is 2.27. The molecule has 0 fully saturated rings. The highest BCUT2D eigenvalue weighted by Gasteiger charge is 2.10. The Labute approximate surface area is 147 Å². The number of ether oxygens (including phenoxy) is 1. The number of carbonyl (C=O) groups is 1. The Bertz CT molecular complexity index is 742. The molecule has 0 aliphatic rings. The largest absolute Gasteiger partial charge is 0.483 e. The van der Waals surface area contributed by atoms with Crippen LogP contribution in [0.3, 0.4) is 0 Å². The maximum absolute atomic E-state index is 11.9. The molecule has 2 rings (SSSR count). The van der Waals surface area contributed by atoms with Crippen LogP contribution in [0.1, 0.15) is 36.5 Å². The van der Waals surface area contributed by atoms with Crippen LogP contribution in [-0.2, 0) is 4.79 Å². The summed E-state index contributed by atoms with van der Waals surface area (Å²) in [4.78, 5) is 11.9. The average molecular weight is 345 g/mol. The second-order valence-corrected chi connectivity index (χ2v) is 6.21. The fourth-order valence-corrected chi connectivity index (χ4v) is 2.36. The van der Waals surface area contributed by atoms with Gasteiger partial charge in [0.1, 0.15) is 5.75 Å². The number of amides is 1. The molecule has 4 nitrogen and oxygen atoms in total. The number of hydrogen-bond donors (Lipinski definition) is 1. The standard InChI is InChI=1S/C19H21ClN2O2/c1-13(2)16-9-8-14(3)10-18(16)24-12-19(23)22-21-11-15-6-4-5-7-17(15)20/h4-11,13H,12H2,1-3H3,(H,22,23)/b21-11+. The van der Waals surface area contributed by atoms with Crippen molar-refractivity contribution in [1.82, 2.24) is 5.43 Å². The zero-order valence-corrected chi connectivity index (χ0v) is 14.8. The number of benzene rings is 2. The van der Waals surface area contributed by atoms with Crippen LogP contribution in [0.4, 0.5) is 0 Å². The number of hydrogen-bond acceptors (Lipinski definition) is 3. The van der Waals surface area contributed by atoms with E-state index in [1.54, 1.807) is 6.07 Å². The summed E-state index contributed by atoms with van der Waals surface area (Å²) in [5.41, 5.74) is 5.34. The van der Waals surface area contributed by atoms with E-state index in [0.29, 0.717) is 10.9 Å². The van der Waals surface area contributed by atoms with Crippen LogP contribution in [0.5, 0.6) is 5.75 Å². The van der Waals surface area contributed by atoms with Crippen molar-refractivity contribution >= 4 is 23.7 Å². The Hall–Kier alpha value is -2.33. The fraction of sp³-hybridized carbons (Fsp3) is 0.263. The lowest BCUT2D eigenvalue weighted by Crippen LogP contribution is -2.25. The molecule has 0 atom stereocenters. The smallest absolute Gasteiger partial charge is 0.277 e. The number of carbonyl (C=O) groups excluding carboxylic acids is 1. The topological polar surface area (TPSA) is 50.7 Å². The van der Waals surface area contributed by atoms with E-state index < -0.39 is 0 Å². The van der Waals surface area contributed by atoms with Gasteiger partial charge in [0.15, 0.2) is 6.61 Å². The molecule has 0 saturated carbocycles. The predicted octanol–water partition coefficient (Wildman–Crippen LogP) is 4.30. The zero-order chi connectivity index (χ0) is 17.5. The van der Waals surface area contributed by atoms with Crippen LogP contribution in [-0.4, -0.2) is 18.7 Å². The molecule has 126 valence electrons. The molecule has 2 aromatic carbocycles. The molecule has 0 aliphatic carbocycles. The van der Waals surface area contributed by atoms with Gasteiger partial charge in [0.2, 0.25) is 0 Å². The Balaban J connectivity index is 1.92. The van der Waals surface area contributed by atoms with Crippen molar-refractivity contribution in [2.24, 2.45) is 5.10 Å². The van der Waals surface area contributed by atoms with Crippen molar-refractivity contribution in [2.45, 2.75) is 26.7 Å². The van der Waals surface area contributed by atoms with Crippen LogP contribution in [0, 0.1) is 6.92 Å². The average Bonchev–Trinajstić information content (AvgIpc) is 2.54. The van der Waals surface area contributed by atoms with E-state index in [9.17, 15) is 4.79 Å². The van der Waals surface area contributed by atoms with Crippen LogP contribution < -0.4 is 10.2 Å². The summed E-state index contributed by atoms with van der Waals surface area (Å²) in [6, 6.07) is 13.3. The van der Waals surface area contributed by atoms with Gasteiger partial charge in [-0.05, 0) is 36.1 Å². The Morgan fingerprint density at radius 1 is 1.29 bits per heavy atom. The molecule has 0 bridgehead atoms. The van der Waals surface area contributed by atoms with Crippen LogP contribution >= 0.6 is 11.6 Å². The summed E-state index contributed by atoms with van der Waals surface area (Å²) in [6.45, 7) is 6.07. The highest BCUT2D eigenvalue weighted by atomic mass is 35.5. The number of hydrazone groups is 1. The second kappa shape index (κ2) is 8.50. The second-order valence-electron chi connectivity index (χ2n) is 5.80. The minimum absolute atomic E-state index is 0.0942. The minimum Gasteiger partial charge on any atom is -0.483 e. The van der Waals surface area contributed by atoms with Crippen molar-refractivity contribution in [2.75, 3.05) is 6.61 Å². The van der Waals surface area contributed by atoms with Crippen molar-refractivity contribution in [3.05, 3.63) is 64.2 Å². The van der Waals surface area contributed by atoms with Gasteiger partial charge in [-0.25, -0.2) is 5.43 Å². The SMILES string of the molecule is Cc1ccc(C(C)C)c(OCC(=O)N/N=C/c2ccccc2Cl)c1. The van der Waals surface area contributed by atoms with Crippen molar-refractivity contribution < 1.29 is 9.53 Å². The van der Waals surface area contributed by atoms with E-state index in [4.69, 9.17) is 16.3 Å². The van der Waals surface area contributed by atoms with E-state index in [0.717, 1.165) is 22.4 Å². The monoisotopic (exact) mass is 344 g/mol. The molecular formula is C19H21ClN2O2. The van der Waals surface area contributed by atoms with Gasteiger partial charge in [0, 0.05) is 10.6 Å². The summed E-state index contributed by atoms with van der Waals surface area (Å²) < 4.78 is 5.66. The van der Waals surface area contributed by atoms with Gasteiger partial charge in [-0.2, -0.15) is 5.10 Å². The van der Waals surface area contributed by atoms with E-state index in [1.165, 1.54) is 6.21 Å². The van der Waals surface area contributed by atoms with E-state index in [2.05, 4.69) is 24.4 Å². The molecule has 0 radical (unpaired) electrons. The first-order chi connectivity index (χ1) is 11.5. The Morgan fingerprint density at radius 3 is 2.75 bits per heavy atom. The zero-order valence-electron chi connectivity index (χ0n) is 14.0. The van der Waals surface area contributed by atoms with Crippen LogP contribution in [0.25, 0.3) is 0 Å². The normalized spacial score (nSPS) is 11.0. The quantitative estimate of drug-likeness (QED) is 0.627. The van der Waals surface area contributed by atoms with Gasteiger partial charge in [-0.15, -0.1) is 0 Å². The molecule has 0 saturated heterocycles. The third kappa shape index (κ3) is 5.10. The lowest BCUT2D eigenvalue weighted by molar-refractivity contribution is -0.123.